The first-order valence-corrected chi connectivity index (χ1v) is 12.7. The van der Waals surface area contributed by atoms with Gasteiger partial charge in [0.2, 0.25) is 0 Å². The smallest absolute Gasteiger partial charge is 0.253 e. The molecule has 7 rings (SSSR count). The number of hydrogen-bond donors (Lipinski definition) is 0. The van der Waals surface area contributed by atoms with Gasteiger partial charge in [0.25, 0.3) is 6.71 Å². The van der Waals surface area contributed by atoms with Crippen molar-refractivity contribution in [3.8, 4) is 11.5 Å². The fraction of sp³-hybridized carbons (Fsp3) is 0.0323. The molecule has 166 valence electrons. The molecule has 4 heteroatoms. The van der Waals surface area contributed by atoms with Crippen LogP contribution in [0, 0.1) is 6.92 Å². The largest absolute Gasteiger partial charge is 0.458 e. The molecule has 5 aromatic carbocycles. The number of benzene rings is 5. The standard InChI is InChI=1S/C31H22BNOS/c1-21-15-18-29-26(19-21)32-25-17-16-24(20-28(25)34-27-13-8-14-30(35-29)31(27)32)33(22-9-4-2-5-10-22)23-11-6-3-7-12-23/h2-20H,1H3. The quantitative estimate of drug-likeness (QED) is 0.274. The first kappa shape index (κ1) is 20.5. The molecule has 0 atom stereocenters. The molecule has 0 aliphatic carbocycles. The molecule has 0 N–H and O–H groups in total. The van der Waals surface area contributed by atoms with Crippen molar-refractivity contribution < 1.29 is 4.74 Å². The average molecular weight is 467 g/mol. The Bertz CT molecular complexity index is 1530. The molecule has 0 saturated carbocycles. The molecule has 0 spiro atoms. The van der Waals surface area contributed by atoms with Gasteiger partial charge in [-0.1, -0.05) is 83.5 Å². The molecule has 2 aliphatic rings. The summed E-state index contributed by atoms with van der Waals surface area (Å²) in [5.74, 6) is 1.89. The number of anilines is 3. The number of rotatable bonds is 3. The van der Waals surface area contributed by atoms with E-state index in [1.807, 2.05) is 11.8 Å². The predicted octanol–water partition coefficient (Wildman–Crippen LogP) is 6.55. The lowest BCUT2D eigenvalue weighted by Gasteiger charge is -2.34. The highest BCUT2D eigenvalue weighted by Crippen LogP contribution is 2.40. The van der Waals surface area contributed by atoms with Crippen molar-refractivity contribution in [2.75, 3.05) is 4.90 Å². The minimum Gasteiger partial charge on any atom is -0.458 e. The van der Waals surface area contributed by atoms with E-state index in [0.29, 0.717) is 0 Å². The summed E-state index contributed by atoms with van der Waals surface area (Å²) < 4.78 is 6.59. The molecule has 0 aromatic heterocycles. The van der Waals surface area contributed by atoms with Crippen LogP contribution < -0.4 is 26.0 Å². The fourth-order valence-electron chi connectivity index (χ4n) is 5.28. The lowest BCUT2D eigenvalue weighted by molar-refractivity contribution is 0.486. The number of aryl methyl sites for hydroxylation is 1. The number of para-hydroxylation sites is 2. The van der Waals surface area contributed by atoms with Crippen LogP contribution in [0.25, 0.3) is 0 Å². The Morgan fingerprint density at radius 1 is 0.600 bits per heavy atom. The second-order valence-corrected chi connectivity index (χ2v) is 10.2. The number of hydrogen-bond acceptors (Lipinski definition) is 3. The van der Waals surface area contributed by atoms with Gasteiger partial charge >= 0.3 is 0 Å². The molecule has 2 nitrogen and oxygen atoms in total. The van der Waals surface area contributed by atoms with Crippen molar-refractivity contribution in [2.24, 2.45) is 0 Å². The van der Waals surface area contributed by atoms with Gasteiger partial charge in [0.05, 0.1) is 0 Å². The second kappa shape index (κ2) is 8.11. The number of ether oxygens (including phenoxy) is 1. The number of nitrogens with zero attached hydrogens (tertiary/aromatic N) is 1. The average Bonchev–Trinajstić information content (AvgIpc) is 2.90. The third-order valence-electron chi connectivity index (χ3n) is 6.83. The van der Waals surface area contributed by atoms with Crippen molar-refractivity contribution >= 4 is 51.9 Å². The zero-order valence-electron chi connectivity index (χ0n) is 19.3. The summed E-state index contributed by atoms with van der Waals surface area (Å²) in [4.78, 5) is 4.90. The molecule has 0 radical (unpaired) electrons. The Hall–Kier alpha value is -3.89. The van der Waals surface area contributed by atoms with Crippen molar-refractivity contribution in [3.05, 3.63) is 121 Å². The maximum Gasteiger partial charge on any atom is 0.253 e. The van der Waals surface area contributed by atoms with Crippen LogP contribution in [-0.2, 0) is 0 Å². The topological polar surface area (TPSA) is 12.5 Å². The maximum atomic E-state index is 6.59. The van der Waals surface area contributed by atoms with Gasteiger partial charge in [0.15, 0.2) is 0 Å². The van der Waals surface area contributed by atoms with E-state index in [-0.39, 0.29) is 6.71 Å². The van der Waals surface area contributed by atoms with Gasteiger partial charge in [-0.3, -0.25) is 0 Å². The van der Waals surface area contributed by atoms with E-state index in [1.165, 1.54) is 31.7 Å². The Morgan fingerprint density at radius 3 is 2.09 bits per heavy atom. The third-order valence-corrected chi connectivity index (χ3v) is 7.99. The zero-order valence-corrected chi connectivity index (χ0v) is 20.1. The molecule has 0 unspecified atom stereocenters. The highest BCUT2D eigenvalue weighted by molar-refractivity contribution is 8.00. The zero-order chi connectivity index (χ0) is 23.4. The Morgan fingerprint density at radius 2 is 1.34 bits per heavy atom. The minimum absolute atomic E-state index is 0.178. The van der Waals surface area contributed by atoms with Crippen LogP contribution in [-0.4, -0.2) is 6.71 Å². The molecule has 2 aliphatic heterocycles. The Labute approximate surface area is 210 Å². The van der Waals surface area contributed by atoms with Crippen LogP contribution >= 0.6 is 11.8 Å². The third kappa shape index (κ3) is 3.36. The molecule has 0 bridgehead atoms. The highest BCUT2D eigenvalue weighted by atomic mass is 32.2. The van der Waals surface area contributed by atoms with Gasteiger partial charge in [-0.15, -0.1) is 0 Å². The lowest BCUT2D eigenvalue weighted by atomic mass is 9.35. The monoisotopic (exact) mass is 467 g/mol. The molecule has 35 heavy (non-hydrogen) atoms. The van der Waals surface area contributed by atoms with Gasteiger partial charge in [-0.2, -0.15) is 0 Å². The van der Waals surface area contributed by atoms with Gasteiger partial charge in [0, 0.05) is 32.9 Å². The molecule has 5 aromatic rings. The van der Waals surface area contributed by atoms with Gasteiger partial charge in [-0.05, 0) is 66.4 Å². The Kier molecular flexibility index (Phi) is 4.74. The van der Waals surface area contributed by atoms with E-state index in [9.17, 15) is 0 Å². The highest BCUT2D eigenvalue weighted by Gasteiger charge is 2.39. The summed E-state index contributed by atoms with van der Waals surface area (Å²) in [5, 5.41) is 0. The molecule has 2 heterocycles. The van der Waals surface area contributed by atoms with Gasteiger partial charge in [-0.25, -0.2) is 0 Å². The summed E-state index contributed by atoms with van der Waals surface area (Å²) in [6.45, 7) is 2.35. The predicted molar refractivity (Wildman–Crippen MR) is 148 cm³/mol. The summed E-state index contributed by atoms with van der Waals surface area (Å²) in [5.41, 5.74) is 8.49. The van der Waals surface area contributed by atoms with Gasteiger partial charge in [0.1, 0.15) is 11.5 Å². The summed E-state index contributed by atoms with van der Waals surface area (Å²) in [6, 6.07) is 40.9. The van der Waals surface area contributed by atoms with E-state index >= 15 is 0 Å². The van der Waals surface area contributed by atoms with Crippen molar-refractivity contribution in [3.63, 3.8) is 0 Å². The van der Waals surface area contributed by atoms with Crippen LogP contribution in [0.4, 0.5) is 17.1 Å². The van der Waals surface area contributed by atoms with Crippen molar-refractivity contribution in [2.45, 2.75) is 16.7 Å². The molecule has 0 saturated heterocycles. The normalized spacial score (nSPS) is 12.8. The van der Waals surface area contributed by atoms with Crippen LogP contribution in [0.2, 0.25) is 0 Å². The van der Waals surface area contributed by atoms with E-state index < -0.39 is 0 Å². The van der Waals surface area contributed by atoms with Crippen LogP contribution in [0.15, 0.2) is 125 Å². The first-order valence-electron chi connectivity index (χ1n) is 11.9. The Balaban J connectivity index is 1.41. The molecular weight excluding hydrogens is 445 g/mol. The summed E-state index contributed by atoms with van der Waals surface area (Å²) in [6.07, 6.45) is 0. The van der Waals surface area contributed by atoms with E-state index in [4.69, 9.17) is 4.74 Å². The molecule has 0 amide bonds. The first-order chi connectivity index (χ1) is 17.3. The fourth-order valence-corrected chi connectivity index (χ4v) is 6.42. The summed E-state index contributed by atoms with van der Waals surface area (Å²) >= 11 is 1.85. The van der Waals surface area contributed by atoms with Crippen LogP contribution in [0.5, 0.6) is 11.5 Å². The van der Waals surface area contributed by atoms with E-state index in [2.05, 4.69) is 127 Å². The second-order valence-electron chi connectivity index (χ2n) is 9.08. The van der Waals surface area contributed by atoms with Crippen LogP contribution in [0.1, 0.15) is 5.56 Å². The van der Waals surface area contributed by atoms with Crippen molar-refractivity contribution in [1.82, 2.24) is 0 Å². The minimum atomic E-state index is 0.178. The van der Waals surface area contributed by atoms with Crippen molar-refractivity contribution in [1.29, 1.82) is 0 Å². The van der Waals surface area contributed by atoms with Crippen LogP contribution in [0.3, 0.4) is 0 Å². The molecular formula is C31H22BNOS. The summed E-state index contributed by atoms with van der Waals surface area (Å²) in [7, 11) is 0. The maximum absolute atomic E-state index is 6.59. The molecule has 0 fully saturated rings. The SMILES string of the molecule is Cc1ccc2c(c1)B1c3ccc(N(c4ccccc4)c4ccccc4)cc3Oc3cccc(c31)S2. The van der Waals surface area contributed by atoms with E-state index in [1.54, 1.807) is 0 Å². The van der Waals surface area contributed by atoms with E-state index in [0.717, 1.165) is 28.6 Å². The van der Waals surface area contributed by atoms with Gasteiger partial charge < -0.3 is 9.64 Å². The number of fused-ring (bicyclic) bond motifs is 4. The lowest BCUT2D eigenvalue weighted by Crippen LogP contribution is -2.57.